The topological polar surface area (TPSA) is 26.3 Å². The van der Waals surface area contributed by atoms with Gasteiger partial charge in [-0.25, -0.2) is 0 Å². The smallest absolute Gasteiger partial charge is 0.165 e. The van der Waals surface area contributed by atoms with Gasteiger partial charge in [0.05, 0.1) is 6.10 Å². The van der Waals surface area contributed by atoms with Crippen LogP contribution >= 0.6 is 0 Å². The predicted molar refractivity (Wildman–Crippen MR) is 47.9 cm³/mol. The van der Waals surface area contributed by atoms with E-state index in [-0.39, 0.29) is 11.9 Å². The Morgan fingerprint density at radius 2 is 2.33 bits per heavy atom. The zero-order valence-corrected chi connectivity index (χ0v) is 7.76. The molecule has 1 aliphatic carbocycles. The van der Waals surface area contributed by atoms with E-state index < -0.39 is 0 Å². The Hall–Kier alpha value is -0.890. The van der Waals surface area contributed by atoms with Gasteiger partial charge in [-0.2, -0.15) is 0 Å². The number of rotatable bonds is 2. The maximum absolute atomic E-state index is 11.3. The van der Waals surface area contributed by atoms with Crippen LogP contribution in [0.3, 0.4) is 0 Å². The van der Waals surface area contributed by atoms with Crippen LogP contribution in [-0.2, 0) is 9.53 Å². The van der Waals surface area contributed by atoms with Crippen LogP contribution < -0.4 is 0 Å². The van der Waals surface area contributed by atoms with Crippen LogP contribution in [0.4, 0.5) is 0 Å². The minimum atomic E-state index is -0.0110. The number of ether oxygens (including phenoxy) is 1. The van der Waals surface area contributed by atoms with Gasteiger partial charge in [0.2, 0.25) is 0 Å². The minimum absolute atomic E-state index is 0.0110. The zero-order valence-electron chi connectivity index (χ0n) is 7.76. The molecule has 0 amide bonds. The Balaban J connectivity index is 2.77. The summed E-state index contributed by atoms with van der Waals surface area (Å²) in [6.07, 6.45) is 4.27. The first-order chi connectivity index (χ1) is 5.63. The summed E-state index contributed by atoms with van der Waals surface area (Å²) in [5, 5.41) is 0. The van der Waals surface area contributed by atoms with E-state index in [9.17, 15) is 4.79 Å². The van der Waals surface area contributed by atoms with Crippen molar-refractivity contribution in [3.05, 3.63) is 23.3 Å². The lowest BCUT2D eigenvalue weighted by Gasteiger charge is -1.99. The van der Waals surface area contributed by atoms with Gasteiger partial charge in [0.15, 0.2) is 5.78 Å². The molecule has 0 saturated carbocycles. The molecule has 0 aromatic carbocycles. The number of ketones is 1. The minimum Gasteiger partial charge on any atom is -0.377 e. The highest BCUT2D eigenvalue weighted by Crippen LogP contribution is 2.18. The molecule has 0 saturated heterocycles. The number of hydrogen-bond donors (Lipinski definition) is 0. The molecule has 2 heteroatoms. The van der Waals surface area contributed by atoms with Gasteiger partial charge >= 0.3 is 0 Å². The van der Waals surface area contributed by atoms with Crippen LogP contribution in [-0.4, -0.2) is 19.0 Å². The first kappa shape index (κ1) is 9.20. The number of hydrogen-bond acceptors (Lipinski definition) is 2. The van der Waals surface area contributed by atoms with Gasteiger partial charge in [0, 0.05) is 19.1 Å². The lowest BCUT2D eigenvalue weighted by Crippen LogP contribution is -2.04. The lowest BCUT2D eigenvalue weighted by atomic mass is 10.1. The molecule has 66 valence electrons. The summed E-state index contributed by atoms with van der Waals surface area (Å²) in [6.45, 7) is 3.96. The molecule has 1 atom stereocenters. The van der Waals surface area contributed by atoms with Crippen molar-refractivity contribution < 1.29 is 9.53 Å². The van der Waals surface area contributed by atoms with E-state index in [1.165, 1.54) is 0 Å². The lowest BCUT2D eigenvalue weighted by molar-refractivity contribution is -0.115. The van der Waals surface area contributed by atoms with Crippen molar-refractivity contribution in [2.45, 2.75) is 26.4 Å². The van der Waals surface area contributed by atoms with Gasteiger partial charge in [0.1, 0.15) is 0 Å². The molecule has 1 aliphatic rings. The van der Waals surface area contributed by atoms with Crippen LogP contribution in [0.25, 0.3) is 0 Å². The predicted octanol–water partition coefficient (Wildman–Crippen LogP) is 1.87. The Morgan fingerprint density at radius 1 is 1.67 bits per heavy atom. The highest BCUT2D eigenvalue weighted by Gasteiger charge is 2.21. The summed E-state index contributed by atoms with van der Waals surface area (Å²) in [7, 11) is 1.62. The maximum Gasteiger partial charge on any atom is 0.165 e. The fourth-order valence-electron chi connectivity index (χ4n) is 1.24. The second-order valence-electron chi connectivity index (χ2n) is 3.25. The van der Waals surface area contributed by atoms with Crippen molar-refractivity contribution in [1.29, 1.82) is 0 Å². The number of methoxy groups -OCH3 is 1. The third kappa shape index (κ3) is 2.05. The summed E-state index contributed by atoms with van der Waals surface area (Å²) in [4.78, 5) is 11.3. The highest BCUT2D eigenvalue weighted by molar-refractivity contribution is 6.01. The van der Waals surface area contributed by atoms with E-state index >= 15 is 0 Å². The van der Waals surface area contributed by atoms with Gasteiger partial charge in [-0.15, -0.1) is 0 Å². The summed E-state index contributed by atoms with van der Waals surface area (Å²) in [5.74, 6) is 0.183. The van der Waals surface area contributed by atoms with Gasteiger partial charge in [-0.1, -0.05) is 11.6 Å². The van der Waals surface area contributed by atoms with Crippen molar-refractivity contribution in [2.75, 3.05) is 7.11 Å². The number of Topliss-reactive ketones (excluding diaryl/α,β-unsaturated/α-hetero) is 1. The summed E-state index contributed by atoms with van der Waals surface area (Å²) in [5.41, 5.74) is 1.94. The SMILES string of the molecule is CO[C@@H]1C=C(C=C(C)C)C(=O)C1. The third-order valence-corrected chi connectivity index (χ3v) is 1.82. The molecule has 0 bridgehead atoms. The van der Waals surface area contributed by atoms with Crippen molar-refractivity contribution in [3.63, 3.8) is 0 Å². The first-order valence-corrected chi connectivity index (χ1v) is 4.06. The van der Waals surface area contributed by atoms with Crippen molar-refractivity contribution in [1.82, 2.24) is 0 Å². The number of carbonyl (C=O) groups excluding carboxylic acids is 1. The highest BCUT2D eigenvalue weighted by atomic mass is 16.5. The largest absolute Gasteiger partial charge is 0.377 e. The Bertz CT molecular complexity index is 245. The molecule has 0 radical (unpaired) electrons. The van der Waals surface area contributed by atoms with Crippen molar-refractivity contribution in [3.8, 4) is 0 Å². The molecule has 12 heavy (non-hydrogen) atoms. The van der Waals surface area contributed by atoms with Crippen LogP contribution in [0, 0.1) is 0 Å². The summed E-state index contributed by atoms with van der Waals surface area (Å²) < 4.78 is 5.07. The average Bonchev–Trinajstić information content (AvgIpc) is 2.31. The first-order valence-electron chi connectivity index (χ1n) is 4.06. The number of carbonyl (C=O) groups is 1. The molecule has 0 aromatic heterocycles. The maximum atomic E-state index is 11.3. The fraction of sp³-hybridized carbons (Fsp3) is 0.500. The van der Waals surface area contributed by atoms with Crippen molar-refractivity contribution >= 4 is 5.78 Å². The molecule has 0 heterocycles. The molecule has 0 fully saturated rings. The van der Waals surface area contributed by atoms with E-state index in [2.05, 4.69) is 0 Å². The van der Waals surface area contributed by atoms with E-state index in [1.807, 2.05) is 26.0 Å². The fourth-order valence-corrected chi connectivity index (χ4v) is 1.24. The van der Waals surface area contributed by atoms with Crippen LogP contribution in [0.15, 0.2) is 23.3 Å². The molecule has 0 N–H and O–H groups in total. The van der Waals surface area contributed by atoms with Gasteiger partial charge in [-0.3, -0.25) is 4.79 Å². The standard InChI is InChI=1S/C10H14O2/c1-7(2)4-8-5-9(12-3)6-10(8)11/h4-5,9H,6H2,1-3H3/t9-/m1/s1. The van der Waals surface area contributed by atoms with E-state index in [0.717, 1.165) is 11.1 Å². The third-order valence-electron chi connectivity index (χ3n) is 1.82. The molecule has 0 aliphatic heterocycles. The second-order valence-corrected chi connectivity index (χ2v) is 3.25. The van der Waals surface area contributed by atoms with E-state index in [1.54, 1.807) is 7.11 Å². The van der Waals surface area contributed by atoms with Crippen molar-refractivity contribution in [2.24, 2.45) is 0 Å². The molecule has 0 spiro atoms. The Kier molecular flexibility index (Phi) is 2.82. The molecule has 1 rings (SSSR count). The Morgan fingerprint density at radius 3 is 2.75 bits per heavy atom. The molecular weight excluding hydrogens is 152 g/mol. The number of allylic oxidation sites excluding steroid dienone is 3. The average molecular weight is 166 g/mol. The summed E-state index contributed by atoms with van der Waals surface area (Å²) >= 11 is 0. The van der Waals surface area contributed by atoms with Crippen LogP contribution in [0.5, 0.6) is 0 Å². The molecule has 0 unspecified atom stereocenters. The molecule has 2 nitrogen and oxygen atoms in total. The van der Waals surface area contributed by atoms with Gasteiger partial charge in [0.25, 0.3) is 0 Å². The second kappa shape index (κ2) is 3.68. The molecule has 0 aromatic rings. The van der Waals surface area contributed by atoms with E-state index in [4.69, 9.17) is 4.74 Å². The van der Waals surface area contributed by atoms with E-state index in [0.29, 0.717) is 6.42 Å². The molecular formula is C10H14O2. The quantitative estimate of drug-likeness (QED) is 0.626. The van der Waals surface area contributed by atoms with Gasteiger partial charge in [-0.05, 0) is 19.9 Å². The normalized spacial score (nSPS) is 22.4. The zero-order chi connectivity index (χ0) is 9.14. The monoisotopic (exact) mass is 166 g/mol. The van der Waals surface area contributed by atoms with Crippen LogP contribution in [0.2, 0.25) is 0 Å². The van der Waals surface area contributed by atoms with Crippen LogP contribution in [0.1, 0.15) is 20.3 Å². The summed E-state index contributed by atoms with van der Waals surface area (Å²) in [6, 6.07) is 0. The Labute approximate surface area is 72.9 Å². The van der Waals surface area contributed by atoms with Gasteiger partial charge < -0.3 is 4.74 Å².